The third-order valence-electron chi connectivity index (χ3n) is 5.32. The molecule has 0 unspecified atom stereocenters. The molecular weight excluding hydrogens is 280 g/mol. The third kappa shape index (κ3) is 3.02. The Morgan fingerprint density at radius 1 is 1.41 bits per heavy atom. The van der Waals surface area contributed by atoms with E-state index >= 15 is 0 Å². The highest BCUT2D eigenvalue weighted by atomic mass is 16.5. The molecule has 1 saturated carbocycles. The van der Waals surface area contributed by atoms with Crippen LogP contribution >= 0.6 is 0 Å². The van der Waals surface area contributed by atoms with E-state index in [0.29, 0.717) is 12.0 Å². The van der Waals surface area contributed by atoms with Crippen molar-refractivity contribution in [3.63, 3.8) is 0 Å². The van der Waals surface area contributed by atoms with Crippen LogP contribution in [0, 0.1) is 11.3 Å². The van der Waals surface area contributed by atoms with E-state index in [9.17, 15) is 4.79 Å². The Morgan fingerprint density at radius 2 is 2.14 bits per heavy atom. The van der Waals surface area contributed by atoms with Crippen LogP contribution in [0.2, 0.25) is 0 Å². The summed E-state index contributed by atoms with van der Waals surface area (Å²) >= 11 is 0. The molecule has 3 rings (SSSR count). The molecule has 1 aromatic heterocycles. The van der Waals surface area contributed by atoms with Gasteiger partial charge in [-0.25, -0.2) is 4.98 Å². The van der Waals surface area contributed by atoms with Crippen LogP contribution in [0.1, 0.15) is 57.8 Å². The molecule has 1 N–H and O–H groups in total. The molecule has 1 amide bonds. The number of rotatable bonds is 3. The van der Waals surface area contributed by atoms with Gasteiger partial charge in [-0.05, 0) is 31.1 Å². The number of carbonyl (C=O) groups is 1. The SMILES string of the molecule is CO[C@@H]1C[C@@H](c2ncn[nH]2)N(C(=O)C2CCC(C)(C)CC2)C1. The van der Waals surface area contributed by atoms with Crippen LogP contribution in [0.3, 0.4) is 0 Å². The van der Waals surface area contributed by atoms with E-state index in [2.05, 4.69) is 29.0 Å². The van der Waals surface area contributed by atoms with E-state index in [1.54, 1.807) is 7.11 Å². The van der Waals surface area contributed by atoms with Crippen LogP contribution in [0.15, 0.2) is 6.33 Å². The van der Waals surface area contributed by atoms with E-state index in [-0.39, 0.29) is 24.0 Å². The number of aromatic amines is 1. The van der Waals surface area contributed by atoms with Crippen molar-refractivity contribution >= 4 is 5.91 Å². The number of nitrogens with zero attached hydrogens (tertiary/aromatic N) is 3. The van der Waals surface area contributed by atoms with Gasteiger partial charge in [0.15, 0.2) is 0 Å². The van der Waals surface area contributed by atoms with Crippen LogP contribution in [-0.4, -0.2) is 45.7 Å². The van der Waals surface area contributed by atoms with E-state index in [4.69, 9.17) is 4.74 Å². The Morgan fingerprint density at radius 3 is 2.73 bits per heavy atom. The molecule has 0 radical (unpaired) electrons. The van der Waals surface area contributed by atoms with Gasteiger partial charge < -0.3 is 9.64 Å². The van der Waals surface area contributed by atoms with E-state index in [1.165, 1.54) is 6.33 Å². The lowest BCUT2D eigenvalue weighted by atomic mass is 9.73. The van der Waals surface area contributed by atoms with Crippen molar-refractivity contribution in [3.8, 4) is 0 Å². The van der Waals surface area contributed by atoms with Gasteiger partial charge in [0.05, 0.1) is 12.1 Å². The van der Waals surface area contributed by atoms with Crippen LogP contribution in [-0.2, 0) is 9.53 Å². The Bertz CT molecular complexity index is 504. The number of carbonyl (C=O) groups excluding carboxylic acids is 1. The molecular formula is C16H26N4O2. The van der Waals surface area contributed by atoms with Crippen LogP contribution in [0.25, 0.3) is 0 Å². The molecule has 2 fully saturated rings. The first-order valence-corrected chi connectivity index (χ1v) is 8.19. The summed E-state index contributed by atoms with van der Waals surface area (Å²) in [6.45, 7) is 5.24. The quantitative estimate of drug-likeness (QED) is 0.930. The second kappa shape index (κ2) is 5.99. The van der Waals surface area contributed by atoms with Gasteiger partial charge in [-0.15, -0.1) is 0 Å². The van der Waals surface area contributed by atoms with Crippen molar-refractivity contribution in [2.24, 2.45) is 11.3 Å². The van der Waals surface area contributed by atoms with Gasteiger partial charge in [-0.1, -0.05) is 13.8 Å². The molecule has 0 bridgehead atoms. The number of ether oxygens (including phenoxy) is 1. The second-order valence-corrected chi connectivity index (χ2v) is 7.41. The summed E-state index contributed by atoms with van der Waals surface area (Å²) in [7, 11) is 1.71. The highest BCUT2D eigenvalue weighted by molar-refractivity contribution is 5.79. The molecule has 2 heterocycles. The number of amides is 1. The molecule has 1 aromatic rings. The van der Waals surface area contributed by atoms with Gasteiger partial charge in [0.2, 0.25) is 5.91 Å². The zero-order valence-electron chi connectivity index (χ0n) is 13.7. The summed E-state index contributed by atoms with van der Waals surface area (Å²) in [5, 5.41) is 6.84. The minimum atomic E-state index is -0.0325. The highest BCUT2D eigenvalue weighted by Crippen LogP contribution is 2.41. The molecule has 22 heavy (non-hydrogen) atoms. The van der Waals surface area contributed by atoms with Crippen molar-refractivity contribution in [3.05, 3.63) is 12.2 Å². The van der Waals surface area contributed by atoms with Crippen molar-refractivity contribution in [2.75, 3.05) is 13.7 Å². The number of aromatic nitrogens is 3. The number of nitrogens with one attached hydrogen (secondary N) is 1. The summed E-state index contributed by atoms with van der Waals surface area (Å²) < 4.78 is 5.48. The normalized spacial score (nSPS) is 29.0. The smallest absolute Gasteiger partial charge is 0.226 e. The Balaban J connectivity index is 1.72. The Kier molecular flexibility index (Phi) is 4.21. The maximum atomic E-state index is 13.0. The summed E-state index contributed by atoms with van der Waals surface area (Å²) in [5.74, 6) is 1.18. The van der Waals surface area contributed by atoms with Gasteiger partial charge in [-0.3, -0.25) is 9.89 Å². The first-order chi connectivity index (χ1) is 10.5. The number of H-pyrrole nitrogens is 1. The summed E-state index contributed by atoms with van der Waals surface area (Å²) in [4.78, 5) is 19.2. The van der Waals surface area contributed by atoms with Crippen molar-refractivity contribution in [2.45, 2.75) is 58.1 Å². The first kappa shape index (κ1) is 15.5. The predicted molar refractivity (Wildman–Crippen MR) is 82.0 cm³/mol. The first-order valence-electron chi connectivity index (χ1n) is 8.19. The largest absolute Gasteiger partial charge is 0.380 e. The lowest BCUT2D eigenvalue weighted by Crippen LogP contribution is -2.39. The lowest BCUT2D eigenvalue weighted by molar-refractivity contribution is -0.138. The summed E-state index contributed by atoms with van der Waals surface area (Å²) in [6.07, 6.45) is 6.60. The fourth-order valence-corrected chi connectivity index (χ4v) is 3.73. The molecule has 122 valence electrons. The fourth-order valence-electron chi connectivity index (χ4n) is 3.73. The Labute approximate surface area is 131 Å². The molecule has 6 nitrogen and oxygen atoms in total. The molecule has 0 spiro atoms. The average molecular weight is 306 g/mol. The van der Waals surface area contributed by atoms with E-state index in [0.717, 1.165) is 37.9 Å². The Hall–Kier alpha value is -1.43. The average Bonchev–Trinajstić information content (AvgIpc) is 3.15. The molecule has 2 aliphatic rings. The van der Waals surface area contributed by atoms with Crippen molar-refractivity contribution < 1.29 is 9.53 Å². The summed E-state index contributed by atoms with van der Waals surface area (Å²) in [6, 6.07) is -0.0325. The van der Waals surface area contributed by atoms with Gasteiger partial charge in [0.25, 0.3) is 0 Å². The zero-order chi connectivity index (χ0) is 15.7. The second-order valence-electron chi connectivity index (χ2n) is 7.41. The predicted octanol–water partition coefficient (Wildman–Crippen LogP) is 2.31. The van der Waals surface area contributed by atoms with Crippen LogP contribution < -0.4 is 0 Å². The number of hydrogen-bond acceptors (Lipinski definition) is 4. The van der Waals surface area contributed by atoms with Gasteiger partial charge in [-0.2, -0.15) is 5.10 Å². The minimum Gasteiger partial charge on any atom is -0.380 e. The number of hydrogen-bond donors (Lipinski definition) is 1. The fraction of sp³-hybridized carbons (Fsp3) is 0.812. The third-order valence-corrected chi connectivity index (χ3v) is 5.32. The molecule has 1 aliphatic carbocycles. The molecule has 0 aromatic carbocycles. The van der Waals surface area contributed by atoms with Gasteiger partial charge in [0, 0.05) is 26.0 Å². The van der Waals surface area contributed by atoms with Gasteiger partial charge >= 0.3 is 0 Å². The van der Waals surface area contributed by atoms with Crippen molar-refractivity contribution in [1.82, 2.24) is 20.1 Å². The standard InChI is InChI=1S/C16H26N4O2/c1-16(2)6-4-11(5-7-16)15(21)20-9-12(22-3)8-13(20)14-17-10-18-19-14/h10-13H,4-9H2,1-3H3,(H,17,18,19)/t12-,13+/m1/s1. The molecule has 1 aliphatic heterocycles. The minimum absolute atomic E-state index is 0.0325. The number of likely N-dealkylation sites (tertiary alicyclic amines) is 1. The van der Waals surface area contributed by atoms with Crippen molar-refractivity contribution in [1.29, 1.82) is 0 Å². The lowest BCUT2D eigenvalue weighted by Gasteiger charge is -2.36. The maximum Gasteiger partial charge on any atom is 0.226 e. The molecule has 1 saturated heterocycles. The topological polar surface area (TPSA) is 71.1 Å². The monoisotopic (exact) mass is 306 g/mol. The number of methoxy groups -OCH3 is 1. The van der Waals surface area contributed by atoms with E-state index in [1.807, 2.05) is 4.90 Å². The van der Waals surface area contributed by atoms with E-state index < -0.39 is 0 Å². The molecule has 2 atom stereocenters. The molecule has 6 heteroatoms. The van der Waals surface area contributed by atoms with Gasteiger partial charge in [0.1, 0.15) is 12.2 Å². The van der Waals surface area contributed by atoms with Crippen LogP contribution in [0.4, 0.5) is 0 Å². The maximum absolute atomic E-state index is 13.0. The highest BCUT2D eigenvalue weighted by Gasteiger charge is 2.41. The van der Waals surface area contributed by atoms with Crippen LogP contribution in [0.5, 0.6) is 0 Å². The zero-order valence-corrected chi connectivity index (χ0v) is 13.7. The summed E-state index contributed by atoms with van der Waals surface area (Å²) in [5.41, 5.74) is 0.376.